The van der Waals surface area contributed by atoms with Crippen LogP contribution in [0.3, 0.4) is 0 Å². The molecule has 0 bridgehead atoms. The number of aromatic nitrogens is 2. The molecule has 1 fully saturated rings. The highest BCUT2D eigenvalue weighted by atomic mass is 32.1. The number of alkyl halides is 3. The number of piperidine rings is 1. The normalized spacial score (nSPS) is 16.4. The third-order valence-electron chi connectivity index (χ3n) is 4.72. The Bertz CT molecular complexity index is 758. The van der Waals surface area contributed by atoms with Crippen molar-refractivity contribution >= 4 is 17.2 Å². The molecule has 2 aromatic heterocycles. The van der Waals surface area contributed by atoms with Gasteiger partial charge in [-0.3, -0.25) is 9.48 Å². The highest BCUT2D eigenvalue weighted by Gasteiger charge is 2.35. The highest BCUT2D eigenvalue weighted by Crippen LogP contribution is 2.34. The molecule has 0 saturated carbocycles. The van der Waals surface area contributed by atoms with Crippen molar-refractivity contribution in [2.24, 2.45) is 13.0 Å². The number of carbonyl (C=O) groups is 1. The summed E-state index contributed by atoms with van der Waals surface area (Å²) in [6.07, 6.45) is -1.29. The van der Waals surface area contributed by atoms with Gasteiger partial charge in [-0.1, -0.05) is 13.3 Å². The van der Waals surface area contributed by atoms with Crippen LogP contribution in [0.4, 0.5) is 13.2 Å². The molecule has 136 valence electrons. The predicted molar refractivity (Wildman–Crippen MR) is 90.4 cm³/mol. The molecule has 0 aromatic carbocycles. The van der Waals surface area contributed by atoms with E-state index in [9.17, 15) is 18.0 Å². The van der Waals surface area contributed by atoms with E-state index in [-0.39, 0.29) is 11.6 Å². The van der Waals surface area contributed by atoms with Crippen LogP contribution >= 0.6 is 11.3 Å². The first-order chi connectivity index (χ1) is 11.8. The van der Waals surface area contributed by atoms with Gasteiger partial charge < -0.3 is 4.90 Å². The summed E-state index contributed by atoms with van der Waals surface area (Å²) in [5, 5.41) is 3.94. The van der Waals surface area contributed by atoms with Crippen LogP contribution in [0.5, 0.6) is 0 Å². The fourth-order valence-corrected chi connectivity index (χ4v) is 4.07. The van der Waals surface area contributed by atoms with Gasteiger partial charge in [0.2, 0.25) is 0 Å². The van der Waals surface area contributed by atoms with Crippen molar-refractivity contribution in [3.63, 3.8) is 0 Å². The number of halogens is 3. The van der Waals surface area contributed by atoms with Gasteiger partial charge in [-0.05, 0) is 37.0 Å². The first-order valence-electron chi connectivity index (χ1n) is 8.30. The summed E-state index contributed by atoms with van der Waals surface area (Å²) in [4.78, 5) is 15.5. The lowest BCUT2D eigenvalue weighted by atomic mass is 9.94. The Morgan fingerprint density at radius 1 is 1.32 bits per heavy atom. The zero-order valence-electron chi connectivity index (χ0n) is 14.1. The van der Waals surface area contributed by atoms with Crippen LogP contribution in [0.2, 0.25) is 0 Å². The molecule has 0 atom stereocenters. The summed E-state index contributed by atoms with van der Waals surface area (Å²) in [5.74, 6) is 0.634. The van der Waals surface area contributed by atoms with Gasteiger partial charge in [0.1, 0.15) is 11.4 Å². The highest BCUT2D eigenvalue weighted by molar-refractivity contribution is 7.17. The van der Waals surface area contributed by atoms with Gasteiger partial charge in [0.15, 0.2) is 0 Å². The molecule has 0 aliphatic carbocycles. The van der Waals surface area contributed by atoms with Crippen molar-refractivity contribution in [1.82, 2.24) is 14.7 Å². The topological polar surface area (TPSA) is 38.1 Å². The van der Waals surface area contributed by atoms with E-state index in [1.54, 1.807) is 12.1 Å². The van der Waals surface area contributed by atoms with Gasteiger partial charge in [-0.25, -0.2) is 0 Å². The van der Waals surface area contributed by atoms with Gasteiger partial charge in [-0.2, -0.15) is 18.3 Å². The van der Waals surface area contributed by atoms with Gasteiger partial charge in [-0.15, -0.1) is 11.3 Å². The number of nitrogens with zero attached hydrogens (tertiary/aromatic N) is 3. The van der Waals surface area contributed by atoms with Gasteiger partial charge in [0.25, 0.3) is 5.91 Å². The van der Waals surface area contributed by atoms with E-state index in [2.05, 4.69) is 12.0 Å². The smallest absolute Gasteiger partial charge is 0.338 e. The van der Waals surface area contributed by atoms with Crippen LogP contribution in [0.1, 0.15) is 41.6 Å². The second kappa shape index (κ2) is 6.82. The van der Waals surface area contributed by atoms with Crippen LogP contribution in [-0.4, -0.2) is 33.7 Å². The lowest BCUT2D eigenvalue weighted by Crippen LogP contribution is -2.37. The van der Waals surface area contributed by atoms with E-state index in [0.29, 0.717) is 15.7 Å². The number of aryl methyl sites for hydroxylation is 1. The lowest BCUT2D eigenvalue weighted by molar-refractivity contribution is -0.143. The maximum absolute atomic E-state index is 12.9. The van der Waals surface area contributed by atoms with Crippen molar-refractivity contribution in [3.05, 3.63) is 28.8 Å². The van der Waals surface area contributed by atoms with E-state index in [1.165, 1.54) is 18.4 Å². The summed E-state index contributed by atoms with van der Waals surface area (Å²) in [6, 6.07) is 4.36. The molecule has 1 saturated heterocycles. The van der Waals surface area contributed by atoms with E-state index in [1.807, 2.05) is 4.90 Å². The average Bonchev–Trinajstić information content (AvgIpc) is 3.20. The molecule has 2 aromatic rings. The Kier molecular flexibility index (Phi) is 4.90. The first-order valence-corrected chi connectivity index (χ1v) is 9.12. The quantitative estimate of drug-likeness (QED) is 0.801. The maximum Gasteiger partial charge on any atom is 0.433 e. The van der Waals surface area contributed by atoms with E-state index in [4.69, 9.17) is 0 Å². The monoisotopic (exact) mass is 371 g/mol. The third-order valence-corrected chi connectivity index (χ3v) is 5.81. The minimum atomic E-state index is -4.44. The number of carbonyl (C=O) groups excluding carboxylic acids is 1. The second-order valence-electron chi connectivity index (χ2n) is 6.34. The fourth-order valence-electron chi connectivity index (χ4n) is 3.14. The summed E-state index contributed by atoms with van der Waals surface area (Å²) in [5.41, 5.74) is -0.561. The molecule has 3 heterocycles. The average molecular weight is 371 g/mol. The number of rotatable bonds is 3. The number of hydrogen-bond acceptors (Lipinski definition) is 3. The Labute approximate surface area is 148 Å². The lowest BCUT2D eigenvalue weighted by Gasteiger charge is -2.31. The zero-order valence-corrected chi connectivity index (χ0v) is 15.0. The Hall–Kier alpha value is -1.83. The minimum Gasteiger partial charge on any atom is -0.338 e. The van der Waals surface area contributed by atoms with Gasteiger partial charge in [0, 0.05) is 20.1 Å². The van der Waals surface area contributed by atoms with Crippen LogP contribution in [0.15, 0.2) is 18.2 Å². The molecular formula is C17H20F3N3OS. The van der Waals surface area contributed by atoms with Crippen LogP contribution in [0, 0.1) is 5.92 Å². The molecule has 25 heavy (non-hydrogen) atoms. The SMILES string of the molecule is CCC1CCN(C(=O)c2ccc(-c3cc(C(F)(F)F)n(C)n3)s2)CC1. The second-order valence-corrected chi connectivity index (χ2v) is 7.43. The molecule has 1 amide bonds. The van der Waals surface area contributed by atoms with Crippen molar-refractivity contribution in [1.29, 1.82) is 0 Å². The summed E-state index contributed by atoms with van der Waals surface area (Å²) < 4.78 is 39.5. The maximum atomic E-state index is 12.9. The molecule has 1 aliphatic rings. The number of likely N-dealkylation sites (tertiary alicyclic amines) is 1. The van der Waals surface area contributed by atoms with Crippen LogP contribution in [-0.2, 0) is 13.2 Å². The van der Waals surface area contributed by atoms with Gasteiger partial charge >= 0.3 is 6.18 Å². The molecular weight excluding hydrogens is 351 g/mol. The molecule has 8 heteroatoms. The van der Waals surface area contributed by atoms with Crippen molar-refractivity contribution in [2.75, 3.05) is 13.1 Å². The molecule has 1 aliphatic heterocycles. The number of thiophene rings is 1. The van der Waals surface area contributed by atoms with E-state index >= 15 is 0 Å². The Morgan fingerprint density at radius 3 is 2.56 bits per heavy atom. The number of amides is 1. The first kappa shape index (κ1) is 18.0. The molecule has 3 rings (SSSR count). The molecule has 0 unspecified atom stereocenters. The Balaban J connectivity index is 1.76. The third kappa shape index (κ3) is 3.73. The fraction of sp³-hybridized carbons (Fsp3) is 0.529. The number of hydrogen-bond donors (Lipinski definition) is 0. The minimum absolute atomic E-state index is 0.0437. The Morgan fingerprint density at radius 2 is 2.00 bits per heavy atom. The predicted octanol–water partition coefficient (Wildman–Crippen LogP) is 4.43. The van der Waals surface area contributed by atoms with Crippen molar-refractivity contribution < 1.29 is 18.0 Å². The van der Waals surface area contributed by atoms with Crippen molar-refractivity contribution in [2.45, 2.75) is 32.4 Å². The van der Waals surface area contributed by atoms with Gasteiger partial charge in [0.05, 0.1) is 9.75 Å². The molecule has 0 N–H and O–H groups in total. The largest absolute Gasteiger partial charge is 0.433 e. The van der Waals surface area contributed by atoms with E-state index < -0.39 is 11.9 Å². The van der Waals surface area contributed by atoms with Crippen LogP contribution < -0.4 is 0 Å². The van der Waals surface area contributed by atoms with E-state index in [0.717, 1.165) is 43.1 Å². The zero-order chi connectivity index (χ0) is 18.2. The summed E-state index contributed by atoms with van der Waals surface area (Å²) in [7, 11) is 1.27. The molecule has 0 spiro atoms. The van der Waals surface area contributed by atoms with Crippen molar-refractivity contribution in [3.8, 4) is 10.6 Å². The summed E-state index contributed by atoms with van der Waals surface area (Å²) in [6.45, 7) is 3.65. The summed E-state index contributed by atoms with van der Waals surface area (Å²) >= 11 is 1.19. The molecule has 4 nitrogen and oxygen atoms in total. The molecule has 0 radical (unpaired) electrons. The van der Waals surface area contributed by atoms with Crippen LogP contribution in [0.25, 0.3) is 10.6 Å². The standard InChI is InChI=1S/C17H20F3N3OS/c1-3-11-6-8-23(9-7-11)16(24)14-5-4-13(25-14)12-10-15(17(18,19)20)22(2)21-12/h4-5,10-11H,3,6-9H2,1-2H3.